The van der Waals surface area contributed by atoms with E-state index >= 15 is 0 Å². The molecule has 3 N–H and O–H groups in total. The Morgan fingerprint density at radius 3 is 2.59 bits per heavy atom. The van der Waals surface area contributed by atoms with Gasteiger partial charge in [-0.05, 0) is 36.3 Å². The maximum atomic E-state index is 11.4. The van der Waals surface area contributed by atoms with Crippen LogP contribution in [-0.4, -0.2) is 51.1 Å². The zero-order chi connectivity index (χ0) is 20.8. The van der Waals surface area contributed by atoms with Gasteiger partial charge in [-0.15, -0.1) is 35.3 Å². The van der Waals surface area contributed by atoms with E-state index in [9.17, 15) is 13.5 Å². The van der Waals surface area contributed by atoms with Crippen LogP contribution in [0.4, 0.5) is 0 Å². The molecule has 0 radical (unpaired) electrons. The van der Waals surface area contributed by atoms with Crippen molar-refractivity contribution < 1.29 is 13.5 Å². The van der Waals surface area contributed by atoms with Gasteiger partial charge in [-0.25, -0.2) is 8.42 Å². The molecule has 0 spiro atoms. The number of nitrogens with zero attached hydrogens (tertiary/aromatic N) is 1. The zero-order valence-corrected chi connectivity index (χ0v) is 21.4. The molecule has 0 amide bonds. The number of halogens is 1. The fourth-order valence-corrected chi connectivity index (χ4v) is 4.61. The van der Waals surface area contributed by atoms with E-state index in [0.29, 0.717) is 32.0 Å². The number of thiophene rings is 1. The van der Waals surface area contributed by atoms with Crippen molar-refractivity contribution in [3.05, 3.63) is 35.2 Å². The predicted molar refractivity (Wildman–Crippen MR) is 134 cm³/mol. The first-order valence-corrected chi connectivity index (χ1v) is 12.3. The summed E-state index contributed by atoms with van der Waals surface area (Å²) in [4.78, 5) is 5.50. The highest BCUT2D eigenvalue weighted by atomic mass is 127. The zero-order valence-electron chi connectivity index (χ0n) is 17.4. The number of aliphatic hydroxyl groups excluding tert-OH is 1. The summed E-state index contributed by atoms with van der Waals surface area (Å²) in [5.41, 5.74) is -0.227. The SMILES string of the molecule is CCNC(=NCC(C)(C)CCS(C)(=O)=O)NCC(O)c1cc2ccccc2s1.I. The summed E-state index contributed by atoms with van der Waals surface area (Å²) in [6, 6.07) is 10.1. The van der Waals surface area contributed by atoms with Crippen LogP contribution in [0.2, 0.25) is 0 Å². The largest absolute Gasteiger partial charge is 0.386 e. The molecule has 0 aliphatic rings. The molecule has 0 saturated carbocycles. The Kier molecular flexibility index (Phi) is 10.3. The first-order valence-electron chi connectivity index (χ1n) is 9.46. The molecule has 2 aromatic rings. The molecule has 2 rings (SSSR count). The molecule has 29 heavy (non-hydrogen) atoms. The number of rotatable bonds is 9. The Hall–Kier alpha value is -0.910. The monoisotopic (exact) mass is 553 g/mol. The topological polar surface area (TPSA) is 90.8 Å². The smallest absolute Gasteiger partial charge is 0.191 e. The van der Waals surface area contributed by atoms with Gasteiger partial charge in [0.05, 0.1) is 5.75 Å². The minimum atomic E-state index is -2.98. The van der Waals surface area contributed by atoms with Crippen LogP contribution in [0.3, 0.4) is 0 Å². The molecule has 0 bridgehead atoms. The summed E-state index contributed by atoms with van der Waals surface area (Å²) < 4.78 is 24.0. The highest BCUT2D eigenvalue weighted by Crippen LogP contribution is 2.29. The molecule has 0 saturated heterocycles. The lowest BCUT2D eigenvalue weighted by molar-refractivity contribution is 0.184. The highest BCUT2D eigenvalue weighted by molar-refractivity contribution is 14.0. The molecule has 0 aliphatic carbocycles. The minimum absolute atomic E-state index is 0. The van der Waals surface area contributed by atoms with E-state index in [1.807, 2.05) is 51.1 Å². The van der Waals surface area contributed by atoms with E-state index in [0.717, 1.165) is 15.0 Å². The van der Waals surface area contributed by atoms with Crippen LogP contribution in [0.5, 0.6) is 0 Å². The normalized spacial score (nSPS) is 13.8. The van der Waals surface area contributed by atoms with Gasteiger partial charge >= 0.3 is 0 Å². The van der Waals surface area contributed by atoms with Crippen molar-refractivity contribution in [2.45, 2.75) is 33.3 Å². The molecule has 1 atom stereocenters. The average Bonchev–Trinajstić information content (AvgIpc) is 3.06. The van der Waals surface area contributed by atoms with Crippen LogP contribution in [0.25, 0.3) is 10.1 Å². The molecule has 1 unspecified atom stereocenters. The molecule has 1 aromatic carbocycles. The standard InChI is InChI=1S/C20H31N3O3S2.HI/c1-5-21-19(23-14-20(2,3)10-11-28(4,25)26)22-13-16(24)18-12-15-8-6-7-9-17(15)27-18;/h6-9,12,16,24H,5,10-11,13-14H2,1-4H3,(H2,21,22,23);1H. The molecule has 164 valence electrons. The Labute approximate surface area is 195 Å². The lowest BCUT2D eigenvalue weighted by Gasteiger charge is -2.23. The van der Waals surface area contributed by atoms with Crippen molar-refractivity contribution in [1.29, 1.82) is 0 Å². The number of fused-ring (bicyclic) bond motifs is 1. The Morgan fingerprint density at radius 2 is 1.97 bits per heavy atom. The first-order chi connectivity index (χ1) is 13.1. The Balaban J connectivity index is 0.00000420. The fraction of sp³-hybridized carbons (Fsp3) is 0.550. The summed E-state index contributed by atoms with van der Waals surface area (Å²) in [6.07, 6.45) is 1.19. The van der Waals surface area contributed by atoms with Crippen molar-refractivity contribution in [3.63, 3.8) is 0 Å². The maximum Gasteiger partial charge on any atom is 0.191 e. The second kappa shape index (κ2) is 11.5. The number of aliphatic imine (C=N–C) groups is 1. The van der Waals surface area contributed by atoms with E-state index in [-0.39, 0.29) is 35.1 Å². The summed E-state index contributed by atoms with van der Waals surface area (Å²) in [5.74, 6) is 0.777. The van der Waals surface area contributed by atoms with Crippen LogP contribution >= 0.6 is 35.3 Å². The van der Waals surface area contributed by atoms with E-state index < -0.39 is 15.9 Å². The number of hydrogen-bond donors (Lipinski definition) is 3. The fourth-order valence-electron chi connectivity index (χ4n) is 2.64. The molecule has 0 aliphatic heterocycles. The molecular formula is C20H32IN3O3S2. The Morgan fingerprint density at radius 1 is 1.28 bits per heavy atom. The quantitative estimate of drug-likeness (QED) is 0.251. The third-order valence-corrected chi connectivity index (χ3v) is 6.56. The lowest BCUT2D eigenvalue weighted by Crippen LogP contribution is -2.40. The van der Waals surface area contributed by atoms with E-state index in [1.165, 1.54) is 6.26 Å². The van der Waals surface area contributed by atoms with Gasteiger partial charge in [0.25, 0.3) is 0 Å². The van der Waals surface area contributed by atoms with Crippen LogP contribution in [0, 0.1) is 5.41 Å². The molecule has 6 nitrogen and oxygen atoms in total. The molecule has 0 fully saturated rings. The predicted octanol–water partition coefficient (Wildman–Crippen LogP) is 3.57. The van der Waals surface area contributed by atoms with Gasteiger partial charge in [-0.1, -0.05) is 32.0 Å². The van der Waals surface area contributed by atoms with Crippen molar-refractivity contribution >= 4 is 61.2 Å². The number of aliphatic hydroxyl groups is 1. The van der Waals surface area contributed by atoms with Crippen molar-refractivity contribution in [2.75, 3.05) is 31.6 Å². The second-order valence-corrected chi connectivity index (χ2v) is 11.2. The molecule has 9 heteroatoms. The summed E-state index contributed by atoms with van der Waals surface area (Å²) in [5, 5.41) is 18.0. The summed E-state index contributed by atoms with van der Waals surface area (Å²) in [6.45, 7) is 7.55. The highest BCUT2D eigenvalue weighted by Gasteiger charge is 2.20. The maximum absolute atomic E-state index is 11.4. The van der Waals surface area contributed by atoms with Gasteiger partial charge in [0.15, 0.2) is 5.96 Å². The van der Waals surface area contributed by atoms with Crippen LogP contribution in [0.1, 0.15) is 38.2 Å². The van der Waals surface area contributed by atoms with Gasteiger partial charge in [0.1, 0.15) is 15.9 Å². The van der Waals surface area contributed by atoms with Crippen molar-refractivity contribution in [1.82, 2.24) is 10.6 Å². The average molecular weight is 554 g/mol. The van der Waals surface area contributed by atoms with Crippen LogP contribution in [0.15, 0.2) is 35.3 Å². The van der Waals surface area contributed by atoms with Gasteiger partial charge in [-0.2, -0.15) is 0 Å². The number of benzene rings is 1. The van der Waals surface area contributed by atoms with Gasteiger partial charge in [0.2, 0.25) is 0 Å². The molecule has 1 aromatic heterocycles. The minimum Gasteiger partial charge on any atom is -0.386 e. The van der Waals surface area contributed by atoms with Crippen molar-refractivity contribution in [3.8, 4) is 0 Å². The number of guanidine groups is 1. The Bertz CT molecular complexity index is 878. The van der Waals surface area contributed by atoms with E-state index in [4.69, 9.17) is 0 Å². The van der Waals surface area contributed by atoms with Crippen LogP contribution < -0.4 is 10.6 Å². The summed E-state index contributed by atoms with van der Waals surface area (Å²) >= 11 is 1.59. The third-order valence-electron chi connectivity index (χ3n) is 4.39. The molecular weight excluding hydrogens is 521 g/mol. The first kappa shape index (κ1) is 26.1. The summed E-state index contributed by atoms with van der Waals surface area (Å²) in [7, 11) is -2.98. The van der Waals surface area contributed by atoms with Gasteiger partial charge in [0, 0.05) is 35.5 Å². The molecule has 1 heterocycles. The van der Waals surface area contributed by atoms with Gasteiger partial charge < -0.3 is 15.7 Å². The lowest BCUT2D eigenvalue weighted by atomic mass is 9.90. The number of hydrogen-bond acceptors (Lipinski definition) is 5. The van der Waals surface area contributed by atoms with E-state index in [1.54, 1.807) is 11.3 Å². The van der Waals surface area contributed by atoms with Crippen molar-refractivity contribution in [2.24, 2.45) is 10.4 Å². The van der Waals surface area contributed by atoms with Crippen LogP contribution in [-0.2, 0) is 9.84 Å². The second-order valence-electron chi connectivity index (χ2n) is 7.82. The number of sulfone groups is 1. The third kappa shape index (κ3) is 9.18. The van der Waals surface area contributed by atoms with E-state index in [2.05, 4.69) is 15.6 Å². The van der Waals surface area contributed by atoms with Gasteiger partial charge in [-0.3, -0.25) is 4.99 Å². The number of nitrogens with one attached hydrogen (secondary N) is 2.